The van der Waals surface area contributed by atoms with Crippen LogP contribution in [0.25, 0.3) is 11.1 Å². The van der Waals surface area contributed by atoms with Gasteiger partial charge in [0.2, 0.25) is 5.95 Å². The fourth-order valence-electron chi connectivity index (χ4n) is 2.77. The molecule has 4 N–H and O–H groups in total. The summed E-state index contributed by atoms with van der Waals surface area (Å²) in [4.78, 5) is 8.65. The maximum atomic E-state index is 14.2. The van der Waals surface area contributed by atoms with Crippen molar-refractivity contribution in [1.29, 1.82) is 0 Å². The Balaban J connectivity index is 1.73. The summed E-state index contributed by atoms with van der Waals surface area (Å²) in [5.41, 5.74) is 6.33. The molecule has 3 aromatic rings. The molecule has 0 atom stereocenters. The highest BCUT2D eigenvalue weighted by Gasteiger charge is 2.30. The third kappa shape index (κ3) is 4.39. The lowest BCUT2D eigenvalue weighted by Gasteiger charge is -2.14. The molecule has 1 saturated carbocycles. The van der Waals surface area contributed by atoms with Crippen LogP contribution in [0.1, 0.15) is 18.4 Å². The van der Waals surface area contributed by atoms with Gasteiger partial charge in [0.05, 0.1) is 11.3 Å². The zero-order valence-electron chi connectivity index (χ0n) is 15.1. The minimum atomic E-state index is -4.43. The third-order valence-corrected chi connectivity index (χ3v) is 4.47. The summed E-state index contributed by atoms with van der Waals surface area (Å²) in [6.07, 6.45) is -0.918. The molecule has 1 heterocycles. The first-order valence-electron chi connectivity index (χ1n) is 8.93. The minimum absolute atomic E-state index is 0.106. The van der Waals surface area contributed by atoms with Crippen LogP contribution in [0.2, 0.25) is 0 Å². The van der Waals surface area contributed by atoms with Crippen molar-refractivity contribution in [3.05, 3.63) is 60.0 Å². The van der Waals surface area contributed by atoms with Crippen LogP contribution in [0.4, 0.5) is 40.7 Å². The van der Waals surface area contributed by atoms with Crippen molar-refractivity contribution in [2.24, 2.45) is 0 Å². The van der Waals surface area contributed by atoms with E-state index in [2.05, 4.69) is 20.6 Å². The molecule has 150 valence electrons. The van der Waals surface area contributed by atoms with Gasteiger partial charge in [0.25, 0.3) is 0 Å². The summed E-state index contributed by atoms with van der Waals surface area (Å²) in [6, 6.07) is 8.99. The number of halogens is 4. The van der Waals surface area contributed by atoms with E-state index in [9.17, 15) is 17.6 Å². The molecule has 0 amide bonds. The SMILES string of the molecule is Nc1ccc(F)c(Nc2nc(NC3CC3)ncc2-c2ccc(C(F)(F)F)cc2)c1. The largest absolute Gasteiger partial charge is 0.416 e. The van der Waals surface area contributed by atoms with E-state index in [-0.39, 0.29) is 11.5 Å². The number of nitrogens with one attached hydrogen (secondary N) is 2. The number of nitrogen functional groups attached to an aromatic ring is 1. The lowest BCUT2D eigenvalue weighted by molar-refractivity contribution is -0.137. The van der Waals surface area contributed by atoms with Crippen LogP contribution in [0, 0.1) is 5.82 Å². The van der Waals surface area contributed by atoms with Gasteiger partial charge in [0.15, 0.2) is 0 Å². The van der Waals surface area contributed by atoms with E-state index < -0.39 is 17.6 Å². The number of hydrogen-bond donors (Lipinski definition) is 3. The Bertz CT molecular complexity index is 1030. The van der Waals surface area contributed by atoms with Crippen molar-refractivity contribution in [3.63, 3.8) is 0 Å². The van der Waals surface area contributed by atoms with Crippen LogP contribution in [0.15, 0.2) is 48.7 Å². The average molecular weight is 403 g/mol. The Kier molecular flexibility index (Phi) is 4.73. The summed E-state index contributed by atoms with van der Waals surface area (Å²) in [5.74, 6) is 0.0789. The Morgan fingerprint density at radius 2 is 1.76 bits per heavy atom. The minimum Gasteiger partial charge on any atom is -0.399 e. The quantitative estimate of drug-likeness (QED) is 0.403. The van der Waals surface area contributed by atoms with Crippen molar-refractivity contribution in [2.75, 3.05) is 16.4 Å². The molecule has 0 unspecified atom stereocenters. The average Bonchev–Trinajstić information content (AvgIpc) is 3.48. The van der Waals surface area contributed by atoms with Crippen LogP contribution in [-0.4, -0.2) is 16.0 Å². The molecule has 5 nitrogen and oxygen atoms in total. The zero-order valence-corrected chi connectivity index (χ0v) is 15.1. The Labute approximate surface area is 164 Å². The number of benzene rings is 2. The van der Waals surface area contributed by atoms with E-state index in [1.54, 1.807) is 0 Å². The first-order chi connectivity index (χ1) is 13.8. The monoisotopic (exact) mass is 403 g/mol. The second-order valence-electron chi connectivity index (χ2n) is 6.81. The van der Waals surface area contributed by atoms with E-state index in [4.69, 9.17) is 5.73 Å². The number of nitrogens with zero attached hydrogens (tertiary/aromatic N) is 2. The van der Waals surface area contributed by atoms with Crippen LogP contribution in [0.5, 0.6) is 0 Å². The van der Waals surface area contributed by atoms with Crippen LogP contribution >= 0.6 is 0 Å². The van der Waals surface area contributed by atoms with Gasteiger partial charge < -0.3 is 16.4 Å². The topological polar surface area (TPSA) is 75.9 Å². The third-order valence-electron chi connectivity index (χ3n) is 4.47. The standard InChI is InChI=1S/C20H17F4N5/c21-16-8-5-13(25)9-17(16)28-18-15(10-26-19(29-18)27-14-6-7-14)11-1-3-12(4-2-11)20(22,23)24/h1-5,8-10,14H,6-7,25H2,(H2,26,27,28,29). The molecule has 0 aliphatic heterocycles. The second kappa shape index (κ2) is 7.23. The smallest absolute Gasteiger partial charge is 0.399 e. The molecule has 0 saturated heterocycles. The molecule has 0 radical (unpaired) electrons. The maximum Gasteiger partial charge on any atom is 0.416 e. The highest BCUT2D eigenvalue weighted by Crippen LogP contribution is 2.34. The molecule has 0 spiro atoms. The molecule has 1 aliphatic carbocycles. The number of nitrogens with two attached hydrogens (primary N) is 1. The molecular formula is C20H17F4N5. The number of alkyl halides is 3. The number of hydrogen-bond acceptors (Lipinski definition) is 5. The maximum absolute atomic E-state index is 14.2. The van der Waals surface area contributed by atoms with Gasteiger partial charge in [-0.15, -0.1) is 0 Å². The van der Waals surface area contributed by atoms with Gasteiger partial charge in [0.1, 0.15) is 11.6 Å². The Morgan fingerprint density at radius 3 is 2.41 bits per heavy atom. The molecule has 2 aromatic carbocycles. The summed E-state index contributed by atoms with van der Waals surface area (Å²) in [7, 11) is 0. The Morgan fingerprint density at radius 1 is 1.03 bits per heavy atom. The number of rotatable bonds is 5. The molecule has 9 heteroatoms. The van der Waals surface area contributed by atoms with Gasteiger partial charge in [0, 0.05) is 23.5 Å². The van der Waals surface area contributed by atoms with E-state index in [1.165, 1.54) is 36.5 Å². The predicted octanol–water partition coefficient (Wildman–Crippen LogP) is 5.20. The van der Waals surface area contributed by atoms with Crippen LogP contribution in [-0.2, 0) is 6.18 Å². The fraction of sp³-hybridized carbons (Fsp3) is 0.200. The summed E-state index contributed by atoms with van der Waals surface area (Å²) >= 11 is 0. The zero-order chi connectivity index (χ0) is 20.6. The van der Waals surface area contributed by atoms with E-state index in [0.29, 0.717) is 28.8 Å². The van der Waals surface area contributed by atoms with Gasteiger partial charge in [-0.1, -0.05) is 12.1 Å². The van der Waals surface area contributed by atoms with E-state index >= 15 is 0 Å². The molecule has 1 aliphatic rings. The normalized spacial score (nSPS) is 13.9. The van der Waals surface area contributed by atoms with E-state index in [0.717, 1.165) is 25.0 Å². The summed E-state index contributed by atoms with van der Waals surface area (Å²) in [5, 5.41) is 6.04. The molecule has 1 fully saturated rings. The lowest BCUT2D eigenvalue weighted by Crippen LogP contribution is -2.08. The number of anilines is 4. The van der Waals surface area contributed by atoms with Gasteiger partial charge in [-0.2, -0.15) is 18.2 Å². The van der Waals surface area contributed by atoms with Crippen molar-refractivity contribution in [2.45, 2.75) is 25.1 Å². The van der Waals surface area contributed by atoms with Gasteiger partial charge in [-0.3, -0.25) is 0 Å². The first-order valence-corrected chi connectivity index (χ1v) is 8.93. The van der Waals surface area contributed by atoms with Gasteiger partial charge >= 0.3 is 6.18 Å². The van der Waals surface area contributed by atoms with E-state index in [1.807, 2.05) is 0 Å². The van der Waals surface area contributed by atoms with Gasteiger partial charge in [-0.25, -0.2) is 9.37 Å². The van der Waals surface area contributed by atoms with Crippen molar-refractivity contribution in [1.82, 2.24) is 9.97 Å². The lowest BCUT2D eigenvalue weighted by atomic mass is 10.1. The summed E-state index contributed by atoms with van der Waals surface area (Å²) in [6.45, 7) is 0. The highest BCUT2D eigenvalue weighted by molar-refractivity contribution is 5.79. The van der Waals surface area contributed by atoms with Crippen molar-refractivity contribution in [3.8, 4) is 11.1 Å². The fourth-order valence-corrected chi connectivity index (χ4v) is 2.77. The summed E-state index contributed by atoms with van der Waals surface area (Å²) < 4.78 is 52.7. The van der Waals surface area contributed by atoms with Crippen LogP contribution in [0.3, 0.4) is 0 Å². The Hall–Kier alpha value is -3.36. The second-order valence-corrected chi connectivity index (χ2v) is 6.81. The van der Waals surface area contributed by atoms with Gasteiger partial charge in [-0.05, 0) is 48.7 Å². The van der Waals surface area contributed by atoms with Crippen molar-refractivity contribution < 1.29 is 17.6 Å². The molecule has 0 bridgehead atoms. The molecule has 4 rings (SSSR count). The van der Waals surface area contributed by atoms with Crippen molar-refractivity contribution >= 4 is 23.1 Å². The molecule has 1 aromatic heterocycles. The first kappa shape index (κ1) is 19.0. The number of aromatic nitrogens is 2. The molecular weight excluding hydrogens is 386 g/mol. The highest BCUT2D eigenvalue weighted by atomic mass is 19.4. The van der Waals surface area contributed by atoms with Crippen LogP contribution < -0.4 is 16.4 Å². The predicted molar refractivity (Wildman–Crippen MR) is 103 cm³/mol. The molecule has 29 heavy (non-hydrogen) atoms.